The normalized spacial score (nSPS) is 35.5. The highest BCUT2D eigenvalue weighted by Crippen LogP contribution is 2.55. The van der Waals surface area contributed by atoms with Crippen molar-refractivity contribution in [1.29, 1.82) is 0 Å². The predicted octanol–water partition coefficient (Wildman–Crippen LogP) is 2.84. The first kappa shape index (κ1) is 24.1. The van der Waals surface area contributed by atoms with Crippen LogP contribution in [-0.4, -0.2) is 60.8 Å². The van der Waals surface area contributed by atoms with Gasteiger partial charge in [0.1, 0.15) is 0 Å². The van der Waals surface area contributed by atoms with Crippen molar-refractivity contribution >= 4 is 11.8 Å². The molecule has 2 saturated carbocycles. The fourth-order valence-corrected chi connectivity index (χ4v) is 5.98. The van der Waals surface area contributed by atoms with E-state index < -0.39 is 6.10 Å². The van der Waals surface area contributed by atoms with Crippen LogP contribution in [0.15, 0.2) is 0 Å². The minimum atomic E-state index is -0.517. The molecule has 0 spiro atoms. The van der Waals surface area contributed by atoms with Crippen molar-refractivity contribution in [3.05, 3.63) is 0 Å². The Balaban J connectivity index is 2.13. The Labute approximate surface area is 176 Å². The van der Waals surface area contributed by atoms with Gasteiger partial charge in [0.05, 0.1) is 12.7 Å². The standard InChI is InChI=1S/C23H42N2O4/c1-7-25(8-2)22(28)15(3)17-9-12-23(5)13-10-18(16(4)20(23)21(17)27)24-19(26)11-14-29-6/h15-18,20-21,27H,7-14H2,1-6H3,(H,24,26)/t15-,16+,17-,18-,20+,21-,23-/m0/s1. The molecule has 0 aromatic heterocycles. The quantitative estimate of drug-likeness (QED) is 0.645. The number of hydrogen-bond donors (Lipinski definition) is 2. The van der Waals surface area contributed by atoms with Gasteiger partial charge in [-0.3, -0.25) is 9.59 Å². The summed E-state index contributed by atoms with van der Waals surface area (Å²) in [6.45, 7) is 12.3. The van der Waals surface area contributed by atoms with E-state index in [9.17, 15) is 14.7 Å². The van der Waals surface area contributed by atoms with E-state index in [0.717, 1.165) is 25.7 Å². The molecule has 6 nitrogen and oxygen atoms in total. The number of amides is 2. The van der Waals surface area contributed by atoms with Crippen molar-refractivity contribution in [3.8, 4) is 0 Å². The summed E-state index contributed by atoms with van der Waals surface area (Å²) in [6.07, 6.45) is 3.71. The van der Waals surface area contributed by atoms with Crippen molar-refractivity contribution in [1.82, 2.24) is 10.2 Å². The smallest absolute Gasteiger partial charge is 0.225 e. The second kappa shape index (κ2) is 10.3. The summed E-state index contributed by atoms with van der Waals surface area (Å²) in [5.74, 6) is 0.225. The van der Waals surface area contributed by atoms with E-state index in [4.69, 9.17) is 4.74 Å². The van der Waals surface area contributed by atoms with Crippen LogP contribution < -0.4 is 5.32 Å². The summed E-state index contributed by atoms with van der Waals surface area (Å²) < 4.78 is 5.01. The van der Waals surface area contributed by atoms with Crippen LogP contribution in [0.5, 0.6) is 0 Å². The minimum absolute atomic E-state index is 0.0132. The van der Waals surface area contributed by atoms with E-state index in [1.807, 2.05) is 25.7 Å². The lowest BCUT2D eigenvalue weighted by Gasteiger charge is -2.56. The molecule has 2 aliphatic rings. The molecule has 2 N–H and O–H groups in total. The van der Waals surface area contributed by atoms with Crippen LogP contribution >= 0.6 is 0 Å². The van der Waals surface area contributed by atoms with E-state index in [-0.39, 0.29) is 46.9 Å². The number of carbonyl (C=O) groups excluding carboxylic acids is 2. The van der Waals surface area contributed by atoms with Gasteiger partial charge in [-0.25, -0.2) is 0 Å². The van der Waals surface area contributed by atoms with Gasteiger partial charge in [-0.1, -0.05) is 20.8 Å². The summed E-state index contributed by atoms with van der Waals surface area (Å²) in [7, 11) is 1.60. The summed E-state index contributed by atoms with van der Waals surface area (Å²) >= 11 is 0. The van der Waals surface area contributed by atoms with Gasteiger partial charge in [-0.05, 0) is 62.7 Å². The SMILES string of the molecule is CCN(CC)C(=O)[C@@H](C)[C@@H]1CC[C@@]2(C)CC[C@H](NC(=O)CCOC)[C@@H](C)[C@@H]2[C@H]1O. The van der Waals surface area contributed by atoms with Gasteiger partial charge in [0.25, 0.3) is 0 Å². The second-order valence-electron chi connectivity index (χ2n) is 9.49. The van der Waals surface area contributed by atoms with Gasteiger partial charge in [0, 0.05) is 38.6 Å². The highest BCUT2D eigenvalue weighted by molar-refractivity contribution is 5.79. The number of aliphatic hydroxyl groups is 1. The predicted molar refractivity (Wildman–Crippen MR) is 114 cm³/mol. The lowest BCUT2D eigenvalue weighted by Crippen LogP contribution is -2.58. The van der Waals surface area contributed by atoms with Crippen molar-refractivity contribution in [2.24, 2.45) is 29.1 Å². The van der Waals surface area contributed by atoms with Gasteiger partial charge in [0.2, 0.25) is 11.8 Å². The molecule has 0 bridgehead atoms. The molecule has 0 heterocycles. The number of rotatable bonds is 8. The highest BCUT2D eigenvalue weighted by atomic mass is 16.5. The number of hydrogen-bond acceptors (Lipinski definition) is 4. The molecule has 29 heavy (non-hydrogen) atoms. The number of methoxy groups -OCH3 is 1. The van der Waals surface area contributed by atoms with Crippen molar-refractivity contribution in [2.75, 3.05) is 26.8 Å². The molecule has 6 heteroatoms. The molecule has 2 rings (SSSR count). The van der Waals surface area contributed by atoms with Crippen LogP contribution in [0.1, 0.15) is 66.7 Å². The van der Waals surface area contributed by atoms with Crippen LogP contribution in [0.25, 0.3) is 0 Å². The van der Waals surface area contributed by atoms with E-state index in [0.29, 0.717) is 26.1 Å². The van der Waals surface area contributed by atoms with Gasteiger partial charge in [-0.2, -0.15) is 0 Å². The third-order valence-electron chi connectivity index (χ3n) is 7.87. The number of nitrogens with one attached hydrogen (secondary N) is 1. The molecule has 168 valence electrons. The van der Waals surface area contributed by atoms with Gasteiger partial charge in [0.15, 0.2) is 0 Å². The van der Waals surface area contributed by atoms with Gasteiger partial charge in [-0.15, -0.1) is 0 Å². The molecule has 2 aliphatic carbocycles. The van der Waals surface area contributed by atoms with E-state index in [1.165, 1.54) is 0 Å². The molecule has 0 unspecified atom stereocenters. The molecule has 0 aromatic carbocycles. The average molecular weight is 411 g/mol. The van der Waals surface area contributed by atoms with Crippen LogP contribution in [-0.2, 0) is 14.3 Å². The van der Waals surface area contributed by atoms with Crippen molar-refractivity contribution < 1.29 is 19.4 Å². The van der Waals surface area contributed by atoms with Gasteiger partial charge >= 0.3 is 0 Å². The first-order valence-electron chi connectivity index (χ1n) is 11.4. The Kier molecular flexibility index (Phi) is 8.53. The van der Waals surface area contributed by atoms with Crippen LogP contribution in [0.3, 0.4) is 0 Å². The highest BCUT2D eigenvalue weighted by Gasteiger charge is 2.54. The number of aliphatic hydroxyl groups excluding tert-OH is 1. The first-order valence-corrected chi connectivity index (χ1v) is 11.4. The number of fused-ring (bicyclic) bond motifs is 1. The summed E-state index contributed by atoms with van der Waals surface area (Å²) in [5, 5.41) is 14.6. The van der Waals surface area contributed by atoms with Crippen molar-refractivity contribution in [3.63, 3.8) is 0 Å². The molecule has 2 amide bonds. The second-order valence-corrected chi connectivity index (χ2v) is 9.49. The molecule has 0 aromatic rings. The van der Waals surface area contributed by atoms with E-state index in [2.05, 4.69) is 19.2 Å². The summed E-state index contributed by atoms with van der Waals surface area (Å²) in [4.78, 5) is 27.0. The lowest BCUT2D eigenvalue weighted by molar-refractivity contribution is -0.150. The molecule has 0 radical (unpaired) electrons. The van der Waals surface area contributed by atoms with E-state index in [1.54, 1.807) is 7.11 Å². The fourth-order valence-electron chi connectivity index (χ4n) is 5.98. The maximum Gasteiger partial charge on any atom is 0.225 e. The molecule has 7 atom stereocenters. The zero-order valence-corrected chi connectivity index (χ0v) is 19.2. The number of ether oxygens (including phenoxy) is 1. The Morgan fingerprint density at radius 1 is 1.24 bits per heavy atom. The van der Waals surface area contributed by atoms with Crippen molar-refractivity contribution in [2.45, 2.75) is 78.9 Å². The van der Waals surface area contributed by atoms with E-state index >= 15 is 0 Å². The summed E-state index contributed by atoms with van der Waals surface area (Å²) in [6, 6.07) is 0.0691. The molecule has 2 fully saturated rings. The third-order valence-corrected chi connectivity index (χ3v) is 7.87. The molecular formula is C23H42N2O4. The maximum atomic E-state index is 12.9. The zero-order valence-electron chi connectivity index (χ0n) is 19.2. The van der Waals surface area contributed by atoms with Crippen LogP contribution in [0.4, 0.5) is 0 Å². The van der Waals surface area contributed by atoms with Gasteiger partial charge < -0.3 is 20.1 Å². The first-order chi connectivity index (χ1) is 13.7. The molecule has 0 saturated heterocycles. The Morgan fingerprint density at radius 3 is 2.45 bits per heavy atom. The fraction of sp³-hybridized carbons (Fsp3) is 0.913. The van der Waals surface area contributed by atoms with Crippen LogP contribution in [0, 0.1) is 29.1 Å². The average Bonchev–Trinajstić information content (AvgIpc) is 2.69. The monoisotopic (exact) mass is 410 g/mol. The number of carbonyl (C=O) groups is 2. The maximum absolute atomic E-state index is 12.9. The Morgan fingerprint density at radius 2 is 1.86 bits per heavy atom. The largest absolute Gasteiger partial charge is 0.392 e. The Hall–Kier alpha value is -1.14. The molecule has 0 aliphatic heterocycles. The number of nitrogens with zero attached hydrogens (tertiary/aromatic N) is 1. The molecular weight excluding hydrogens is 368 g/mol. The summed E-state index contributed by atoms with van der Waals surface area (Å²) in [5.41, 5.74) is 0.0705. The Bertz CT molecular complexity index is 565. The topological polar surface area (TPSA) is 78.9 Å². The zero-order chi connectivity index (χ0) is 21.8. The lowest BCUT2D eigenvalue weighted by atomic mass is 9.51. The third kappa shape index (κ3) is 5.13. The minimum Gasteiger partial charge on any atom is -0.392 e. The van der Waals surface area contributed by atoms with Crippen LogP contribution in [0.2, 0.25) is 0 Å².